The fraction of sp³-hybridized carbons (Fsp3) is 0.588. The monoisotopic (exact) mass is 382 g/mol. The molecule has 25 heavy (non-hydrogen) atoms. The highest BCUT2D eigenvalue weighted by molar-refractivity contribution is 7.98. The van der Waals surface area contributed by atoms with Crippen LogP contribution in [0.3, 0.4) is 0 Å². The van der Waals surface area contributed by atoms with Crippen molar-refractivity contribution in [2.75, 3.05) is 25.7 Å². The predicted octanol–water partition coefficient (Wildman–Crippen LogP) is 1.68. The Morgan fingerprint density at radius 1 is 1.44 bits per heavy atom. The molecule has 8 heteroatoms. The van der Waals surface area contributed by atoms with Crippen LogP contribution in [-0.4, -0.2) is 53.9 Å². The van der Waals surface area contributed by atoms with Crippen LogP contribution in [-0.2, 0) is 19.1 Å². The molecule has 3 heterocycles. The van der Waals surface area contributed by atoms with Gasteiger partial charge in [-0.15, -0.1) is 11.3 Å². The lowest BCUT2D eigenvalue weighted by Crippen LogP contribution is -2.56. The first-order valence-electron chi connectivity index (χ1n) is 8.26. The summed E-state index contributed by atoms with van der Waals surface area (Å²) in [5.74, 6) is -1.55. The SMILES string of the molecule is CCOC(=O)[C@]1(CCSC)N[C@H](c2cccs2)[C@@H]2C(=O)N(C)C(=O)[C@@H]21. The molecular formula is C17H22N2O4S2. The van der Waals surface area contributed by atoms with Gasteiger partial charge in [0.25, 0.3) is 0 Å². The number of carbonyl (C=O) groups is 3. The minimum Gasteiger partial charge on any atom is -0.465 e. The Labute approximate surface area is 155 Å². The van der Waals surface area contributed by atoms with E-state index in [9.17, 15) is 14.4 Å². The van der Waals surface area contributed by atoms with Gasteiger partial charge in [0.05, 0.1) is 24.5 Å². The molecule has 4 atom stereocenters. The van der Waals surface area contributed by atoms with Crippen molar-refractivity contribution in [3.63, 3.8) is 0 Å². The van der Waals surface area contributed by atoms with Crippen molar-refractivity contribution < 1.29 is 19.1 Å². The number of ether oxygens (including phenoxy) is 1. The zero-order chi connectivity index (χ0) is 18.2. The zero-order valence-electron chi connectivity index (χ0n) is 14.5. The third-order valence-corrected chi connectivity index (χ3v) is 6.63. The van der Waals surface area contributed by atoms with Crippen LogP contribution in [0.5, 0.6) is 0 Å². The lowest BCUT2D eigenvalue weighted by molar-refractivity contribution is -0.156. The second kappa shape index (κ2) is 7.09. The van der Waals surface area contributed by atoms with Crippen LogP contribution in [0.4, 0.5) is 0 Å². The van der Waals surface area contributed by atoms with Gasteiger partial charge in [0.2, 0.25) is 11.8 Å². The molecule has 2 saturated heterocycles. The standard InChI is InChI=1S/C17H22N2O4S2/c1-4-23-16(22)17(7-9-24-3)12-11(14(20)19(2)15(12)21)13(18-17)10-6-5-8-25-10/h5-6,8,11-13,18H,4,7,9H2,1-3H3/t11-,12-,13-,17-/m1/s1. The number of esters is 1. The smallest absolute Gasteiger partial charge is 0.327 e. The molecule has 0 bridgehead atoms. The summed E-state index contributed by atoms with van der Waals surface area (Å²) in [7, 11) is 1.50. The van der Waals surface area contributed by atoms with Crippen LogP contribution < -0.4 is 5.32 Å². The summed E-state index contributed by atoms with van der Waals surface area (Å²) >= 11 is 3.12. The lowest BCUT2D eigenvalue weighted by Gasteiger charge is -2.32. The molecule has 2 fully saturated rings. The predicted molar refractivity (Wildman–Crippen MR) is 97.3 cm³/mol. The van der Waals surface area contributed by atoms with Crippen molar-refractivity contribution in [1.82, 2.24) is 10.2 Å². The van der Waals surface area contributed by atoms with E-state index in [1.165, 1.54) is 23.3 Å². The van der Waals surface area contributed by atoms with E-state index in [0.717, 1.165) is 4.88 Å². The van der Waals surface area contributed by atoms with Crippen LogP contribution >= 0.6 is 23.1 Å². The van der Waals surface area contributed by atoms with Crippen molar-refractivity contribution >= 4 is 40.9 Å². The first kappa shape index (κ1) is 18.4. The molecule has 2 aliphatic rings. The number of nitrogens with zero attached hydrogens (tertiary/aromatic N) is 1. The summed E-state index contributed by atoms with van der Waals surface area (Å²) in [5.41, 5.74) is -1.16. The average Bonchev–Trinajstić information content (AvgIpc) is 3.28. The van der Waals surface area contributed by atoms with Crippen molar-refractivity contribution in [2.24, 2.45) is 11.8 Å². The third kappa shape index (κ3) is 2.80. The topological polar surface area (TPSA) is 75.7 Å². The fourth-order valence-electron chi connectivity index (χ4n) is 3.90. The molecule has 1 aromatic heterocycles. The second-order valence-corrected chi connectivity index (χ2v) is 8.28. The molecule has 1 aromatic rings. The number of fused-ring (bicyclic) bond motifs is 1. The Balaban J connectivity index is 2.09. The van der Waals surface area contributed by atoms with E-state index in [2.05, 4.69) is 5.32 Å². The summed E-state index contributed by atoms with van der Waals surface area (Å²) in [6.45, 7) is 1.98. The first-order chi connectivity index (χ1) is 12.0. The van der Waals surface area contributed by atoms with E-state index in [1.807, 2.05) is 23.8 Å². The summed E-state index contributed by atoms with van der Waals surface area (Å²) in [5, 5.41) is 5.30. The van der Waals surface area contributed by atoms with Crippen LogP contribution in [0.2, 0.25) is 0 Å². The van der Waals surface area contributed by atoms with Crippen LogP contribution in [0, 0.1) is 11.8 Å². The Morgan fingerprint density at radius 3 is 2.80 bits per heavy atom. The number of carbonyl (C=O) groups excluding carboxylic acids is 3. The Hall–Kier alpha value is -1.38. The van der Waals surface area contributed by atoms with Gasteiger partial charge in [-0.2, -0.15) is 11.8 Å². The van der Waals surface area contributed by atoms with Crippen molar-refractivity contribution in [3.8, 4) is 0 Å². The van der Waals surface area contributed by atoms with Gasteiger partial charge in [-0.1, -0.05) is 6.07 Å². The van der Waals surface area contributed by atoms with Crippen molar-refractivity contribution in [2.45, 2.75) is 24.9 Å². The van der Waals surface area contributed by atoms with Gasteiger partial charge in [0.15, 0.2) is 0 Å². The van der Waals surface area contributed by atoms with Gasteiger partial charge in [-0.3, -0.25) is 24.6 Å². The third-order valence-electron chi connectivity index (χ3n) is 5.06. The number of rotatable bonds is 6. The zero-order valence-corrected chi connectivity index (χ0v) is 16.1. The van der Waals surface area contributed by atoms with Gasteiger partial charge >= 0.3 is 5.97 Å². The minimum absolute atomic E-state index is 0.226. The summed E-state index contributed by atoms with van der Waals surface area (Å²) < 4.78 is 5.33. The van der Waals surface area contributed by atoms with E-state index in [0.29, 0.717) is 12.2 Å². The van der Waals surface area contributed by atoms with E-state index >= 15 is 0 Å². The fourth-order valence-corrected chi connectivity index (χ4v) is 5.25. The minimum atomic E-state index is -1.16. The maximum Gasteiger partial charge on any atom is 0.327 e. The highest BCUT2D eigenvalue weighted by Crippen LogP contribution is 2.51. The molecule has 0 saturated carbocycles. The number of thioether (sulfide) groups is 1. The van der Waals surface area contributed by atoms with Crippen LogP contribution in [0.15, 0.2) is 17.5 Å². The number of amides is 2. The molecule has 0 radical (unpaired) electrons. The first-order valence-corrected chi connectivity index (χ1v) is 10.5. The van der Waals surface area contributed by atoms with E-state index in [1.54, 1.807) is 18.7 Å². The van der Waals surface area contributed by atoms with Gasteiger partial charge in [-0.05, 0) is 36.8 Å². The van der Waals surface area contributed by atoms with Gasteiger partial charge < -0.3 is 4.74 Å². The normalized spacial score (nSPS) is 31.5. The van der Waals surface area contributed by atoms with E-state index in [-0.39, 0.29) is 24.5 Å². The maximum absolute atomic E-state index is 12.9. The van der Waals surface area contributed by atoms with Gasteiger partial charge in [0.1, 0.15) is 5.54 Å². The van der Waals surface area contributed by atoms with Gasteiger partial charge in [0, 0.05) is 11.9 Å². The largest absolute Gasteiger partial charge is 0.465 e. The highest BCUT2D eigenvalue weighted by atomic mass is 32.2. The van der Waals surface area contributed by atoms with E-state index < -0.39 is 23.3 Å². The molecule has 136 valence electrons. The van der Waals surface area contributed by atoms with E-state index in [4.69, 9.17) is 4.74 Å². The number of hydrogen-bond acceptors (Lipinski definition) is 7. The number of hydrogen-bond donors (Lipinski definition) is 1. The molecular weight excluding hydrogens is 360 g/mol. The molecule has 1 N–H and O–H groups in total. The van der Waals surface area contributed by atoms with Crippen LogP contribution in [0.1, 0.15) is 24.3 Å². The summed E-state index contributed by atoms with van der Waals surface area (Å²) in [6, 6.07) is 3.50. The van der Waals surface area contributed by atoms with Crippen molar-refractivity contribution in [1.29, 1.82) is 0 Å². The molecule has 3 rings (SSSR count). The summed E-state index contributed by atoms with van der Waals surface area (Å²) in [4.78, 5) is 40.7. The summed E-state index contributed by atoms with van der Waals surface area (Å²) in [6.07, 6.45) is 2.40. The number of thiophene rings is 1. The van der Waals surface area contributed by atoms with Crippen LogP contribution in [0.25, 0.3) is 0 Å². The van der Waals surface area contributed by atoms with Gasteiger partial charge in [-0.25, -0.2) is 0 Å². The molecule has 0 spiro atoms. The highest BCUT2D eigenvalue weighted by Gasteiger charge is 2.68. The van der Waals surface area contributed by atoms with Crippen molar-refractivity contribution in [3.05, 3.63) is 22.4 Å². The molecule has 2 amide bonds. The molecule has 0 aromatic carbocycles. The number of likely N-dealkylation sites (tertiary alicyclic amines) is 1. The lowest BCUT2D eigenvalue weighted by atomic mass is 9.78. The maximum atomic E-state index is 12.9. The quantitative estimate of drug-likeness (QED) is 0.596. The Morgan fingerprint density at radius 2 is 2.20 bits per heavy atom. The second-order valence-electron chi connectivity index (χ2n) is 6.31. The number of imide groups is 1. The molecule has 6 nitrogen and oxygen atoms in total. The number of nitrogens with one attached hydrogen (secondary N) is 1. The average molecular weight is 383 g/mol. The Bertz CT molecular complexity index is 678. The molecule has 2 aliphatic heterocycles. The molecule has 0 unspecified atom stereocenters. The molecule has 0 aliphatic carbocycles. The Kier molecular flexibility index (Phi) is 5.22.